The molecule has 0 radical (unpaired) electrons. The van der Waals surface area contributed by atoms with Crippen molar-refractivity contribution >= 4 is 33.8 Å². The summed E-state index contributed by atoms with van der Waals surface area (Å²) in [5, 5.41) is 2.54. The summed E-state index contributed by atoms with van der Waals surface area (Å²) < 4.78 is 27.8. The molecular formula is C16H12ClF2N3O2S. The molecule has 1 aromatic carbocycles. The number of nitrogens with one attached hydrogen (secondary N) is 1. The SMILES string of the molecule is CNC(=O)c1c(C)sc2nc(Cc3cc(F)c(F)cc3Cl)cc(=O)n12. The van der Waals surface area contributed by atoms with Gasteiger partial charge in [0, 0.05) is 29.4 Å². The predicted molar refractivity (Wildman–Crippen MR) is 91.6 cm³/mol. The van der Waals surface area contributed by atoms with Crippen molar-refractivity contribution in [2.45, 2.75) is 13.3 Å². The molecule has 9 heteroatoms. The number of carbonyl (C=O) groups excluding carboxylic acids is 1. The molecule has 0 unspecified atom stereocenters. The van der Waals surface area contributed by atoms with E-state index in [1.807, 2.05) is 0 Å². The lowest BCUT2D eigenvalue weighted by Crippen LogP contribution is -2.25. The first kappa shape index (κ1) is 17.5. The van der Waals surface area contributed by atoms with Gasteiger partial charge in [-0.3, -0.25) is 9.59 Å². The molecule has 0 spiro atoms. The summed E-state index contributed by atoms with van der Waals surface area (Å²) in [6.07, 6.45) is 0.0635. The number of hydrogen-bond acceptors (Lipinski definition) is 4. The molecule has 25 heavy (non-hydrogen) atoms. The van der Waals surface area contributed by atoms with Crippen LogP contribution in [0.15, 0.2) is 23.0 Å². The van der Waals surface area contributed by atoms with E-state index in [4.69, 9.17) is 11.6 Å². The van der Waals surface area contributed by atoms with Crippen LogP contribution in [-0.4, -0.2) is 22.3 Å². The zero-order valence-corrected chi connectivity index (χ0v) is 14.8. The van der Waals surface area contributed by atoms with Gasteiger partial charge in [-0.1, -0.05) is 11.6 Å². The highest BCUT2D eigenvalue weighted by Gasteiger charge is 2.19. The number of thiazole rings is 1. The van der Waals surface area contributed by atoms with E-state index in [0.29, 0.717) is 21.1 Å². The van der Waals surface area contributed by atoms with Crippen molar-refractivity contribution in [3.05, 3.63) is 67.0 Å². The standard InChI is InChI=1S/C16H12ClF2N3O2S/c1-7-14(15(24)20-2)22-13(23)5-9(21-16(22)25-7)3-8-4-11(18)12(19)6-10(8)17/h4-6H,3H2,1-2H3,(H,20,24). The average molecular weight is 384 g/mol. The number of aromatic nitrogens is 2. The van der Waals surface area contributed by atoms with Crippen molar-refractivity contribution in [3.63, 3.8) is 0 Å². The highest BCUT2D eigenvalue weighted by Crippen LogP contribution is 2.24. The molecular weight excluding hydrogens is 372 g/mol. The van der Waals surface area contributed by atoms with Crippen LogP contribution in [0.4, 0.5) is 8.78 Å². The Hall–Kier alpha value is -2.32. The molecule has 0 aliphatic rings. The Morgan fingerprint density at radius 1 is 1.32 bits per heavy atom. The van der Waals surface area contributed by atoms with Gasteiger partial charge in [-0.15, -0.1) is 11.3 Å². The van der Waals surface area contributed by atoms with Gasteiger partial charge in [0.2, 0.25) is 0 Å². The minimum Gasteiger partial charge on any atom is -0.354 e. The second-order valence-electron chi connectivity index (χ2n) is 5.32. The molecule has 0 saturated carbocycles. The van der Waals surface area contributed by atoms with Gasteiger partial charge in [-0.2, -0.15) is 0 Å². The Kier molecular flexibility index (Phi) is 4.57. The lowest BCUT2D eigenvalue weighted by molar-refractivity contribution is 0.0956. The highest BCUT2D eigenvalue weighted by molar-refractivity contribution is 7.17. The number of hydrogen-bond donors (Lipinski definition) is 1. The van der Waals surface area contributed by atoms with Crippen LogP contribution >= 0.6 is 22.9 Å². The number of nitrogens with zero attached hydrogens (tertiary/aromatic N) is 2. The molecule has 130 valence electrons. The van der Waals surface area contributed by atoms with E-state index in [1.165, 1.54) is 28.9 Å². The molecule has 2 aromatic heterocycles. The molecule has 0 saturated heterocycles. The van der Waals surface area contributed by atoms with Crippen LogP contribution < -0.4 is 10.9 Å². The third-order valence-corrected chi connectivity index (χ3v) is 4.95. The first-order valence-electron chi connectivity index (χ1n) is 7.19. The molecule has 0 aliphatic carbocycles. The largest absolute Gasteiger partial charge is 0.354 e. The number of halogens is 3. The molecule has 0 aliphatic heterocycles. The number of benzene rings is 1. The lowest BCUT2D eigenvalue weighted by Gasteiger charge is -2.06. The van der Waals surface area contributed by atoms with Gasteiger partial charge in [0.25, 0.3) is 11.5 Å². The van der Waals surface area contributed by atoms with Crippen LogP contribution in [0.2, 0.25) is 5.02 Å². The Morgan fingerprint density at radius 3 is 2.68 bits per heavy atom. The van der Waals surface area contributed by atoms with Gasteiger partial charge in [0.05, 0.1) is 5.69 Å². The van der Waals surface area contributed by atoms with E-state index < -0.39 is 17.2 Å². The van der Waals surface area contributed by atoms with E-state index >= 15 is 0 Å². The van der Waals surface area contributed by atoms with Crippen molar-refractivity contribution in [2.75, 3.05) is 7.05 Å². The predicted octanol–water partition coefficient (Wildman–Crippen LogP) is 2.95. The molecule has 1 N–H and O–H groups in total. The van der Waals surface area contributed by atoms with Gasteiger partial charge in [-0.25, -0.2) is 18.2 Å². The average Bonchev–Trinajstić information content (AvgIpc) is 2.88. The number of rotatable bonds is 3. The molecule has 0 fully saturated rings. The van der Waals surface area contributed by atoms with Gasteiger partial charge in [0.15, 0.2) is 16.6 Å². The summed E-state index contributed by atoms with van der Waals surface area (Å²) in [5.74, 6) is -2.45. The Labute approximate surface area is 149 Å². The molecule has 2 heterocycles. The number of fused-ring (bicyclic) bond motifs is 1. The van der Waals surface area contributed by atoms with Crippen molar-refractivity contribution in [1.82, 2.24) is 14.7 Å². The molecule has 3 aromatic rings. The summed E-state index contributed by atoms with van der Waals surface area (Å²) in [6, 6.07) is 3.12. The zero-order valence-electron chi connectivity index (χ0n) is 13.2. The fraction of sp³-hybridized carbons (Fsp3) is 0.188. The maximum Gasteiger partial charge on any atom is 0.269 e. The fourth-order valence-electron chi connectivity index (χ4n) is 2.49. The third kappa shape index (κ3) is 3.14. The van der Waals surface area contributed by atoms with Crippen molar-refractivity contribution in [2.24, 2.45) is 0 Å². The second kappa shape index (κ2) is 6.53. The van der Waals surface area contributed by atoms with Gasteiger partial charge < -0.3 is 5.32 Å². The van der Waals surface area contributed by atoms with Crippen LogP contribution in [-0.2, 0) is 6.42 Å². The van der Waals surface area contributed by atoms with Crippen LogP contribution in [0.3, 0.4) is 0 Å². The number of aryl methyl sites for hydroxylation is 1. The van der Waals surface area contributed by atoms with Crippen molar-refractivity contribution < 1.29 is 13.6 Å². The van der Waals surface area contributed by atoms with Crippen LogP contribution in [0.1, 0.15) is 26.6 Å². The molecule has 1 amide bonds. The van der Waals surface area contributed by atoms with Crippen molar-refractivity contribution in [3.8, 4) is 0 Å². The smallest absolute Gasteiger partial charge is 0.269 e. The normalized spacial score (nSPS) is 11.1. The van der Waals surface area contributed by atoms with Gasteiger partial charge in [-0.05, 0) is 24.6 Å². The Bertz CT molecular complexity index is 1060. The molecule has 3 rings (SSSR count). The van der Waals surface area contributed by atoms with E-state index in [0.717, 1.165) is 12.1 Å². The van der Waals surface area contributed by atoms with E-state index in [1.54, 1.807) is 6.92 Å². The molecule has 5 nitrogen and oxygen atoms in total. The zero-order chi connectivity index (χ0) is 18.3. The van der Waals surface area contributed by atoms with Crippen LogP contribution in [0.25, 0.3) is 4.96 Å². The van der Waals surface area contributed by atoms with E-state index in [-0.39, 0.29) is 23.0 Å². The Morgan fingerprint density at radius 2 is 2.00 bits per heavy atom. The van der Waals surface area contributed by atoms with Gasteiger partial charge in [0.1, 0.15) is 5.69 Å². The summed E-state index contributed by atoms with van der Waals surface area (Å²) in [7, 11) is 1.48. The van der Waals surface area contributed by atoms with E-state index in [9.17, 15) is 18.4 Å². The van der Waals surface area contributed by atoms with E-state index in [2.05, 4.69) is 10.3 Å². The minimum absolute atomic E-state index is 0.0503. The highest BCUT2D eigenvalue weighted by atomic mass is 35.5. The molecule has 0 bridgehead atoms. The first-order chi connectivity index (χ1) is 11.8. The maximum atomic E-state index is 13.4. The summed E-state index contributed by atoms with van der Waals surface area (Å²) in [5.41, 5.74) is 0.471. The first-order valence-corrected chi connectivity index (χ1v) is 8.39. The fourth-order valence-corrected chi connectivity index (χ4v) is 3.70. The lowest BCUT2D eigenvalue weighted by atomic mass is 10.1. The number of carbonyl (C=O) groups is 1. The van der Waals surface area contributed by atoms with Crippen LogP contribution in [0.5, 0.6) is 0 Å². The Balaban J connectivity index is 2.10. The van der Waals surface area contributed by atoms with Gasteiger partial charge >= 0.3 is 0 Å². The number of amides is 1. The summed E-state index contributed by atoms with van der Waals surface area (Å²) in [6.45, 7) is 1.72. The topological polar surface area (TPSA) is 63.5 Å². The monoisotopic (exact) mass is 383 g/mol. The van der Waals surface area contributed by atoms with Crippen LogP contribution in [0, 0.1) is 18.6 Å². The van der Waals surface area contributed by atoms with Crippen molar-refractivity contribution in [1.29, 1.82) is 0 Å². The maximum absolute atomic E-state index is 13.4. The summed E-state index contributed by atoms with van der Waals surface area (Å²) >= 11 is 7.13. The second-order valence-corrected chi connectivity index (χ2v) is 6.91. The summed E-state index contributed by atoms with van der Waals surface area (Å²) in [4.78, 5) is 29.7. The third-order valence-electron chi connectivity index (χ3n) is 3.65. The minimum atomic E-state index is -1.04. The quantitative estimate of drug-likeness (QED) is 0.707. The molecule has 0 atom stereocenters.